The van der Waals surface area contributed by atoms with E-state index in [0.29, 0.717) is 0 Å². The monoisotopic (exact) mass is 636 g/mol. The Balaban J connectivity index is 2.59. The summed E-state index contributed by atoms with van der Waals surface area (Å²) < 4.78 is 49.7. The Morgan fingerprint density at radius 2 is 0.837 bits per heavy atom. The highest BCUT2D eigenvalue weighted by Crippen LogP contribution is 2.41. The predicted octanol–water partition coefficient (Wildman–Crippen LogP) is 0.343. The Morgan fingerprint density at radius 1 is 0.488 bits per heavy atom. The van der Waals surface area contributed by atoms with Crippen molar-refractivity contribution in [2.45, 2.75) is 115 Å². The lowest BCUT2D eigenvalue weighted by molar-refractivity contribution is -0.240. The molecule has 0 spiro atoms. The van der Waals surface area contributed by atoms with Gasteiger partial charge in [-0.05, 0) is 6.92 Å². The van der Waals surface area contributed by atoms with Gasteiger partial charge in [-0.1, -0.05) is 11.8 Å². The molecule has 242 valence electrons. The zero-order chi connectivity index (χ0) is 32.6. The molecular formula is C26H36O16S. The third kappa shape index (κ3) is 10.7. The van der Waals surface area contributed by atoms with E-state index in [2.05, 4.69) is 0 Å². The number of thioether (sulfide) groups is 1. The van der Waals surface area contributed by atoms with Crippen LogP contribution in [0.2, 0.25) is 0 Å². The van der Waals surface area contributed by atoms with Crippen molar-refractivity contribution in [3.8, 4) is 0 Å². The van der Waals surface area contributed by atoms with Crippen LogP contribution in [0.3, 0.4) is 0 Å². The Bertz CT molecular complexity index is 1080. The third-order valence-corrected chi connectivity index (χ3v) is 7.15. The summed E-state index contributed by atoms with van der Waals surface area (Å²) in [6.45, 7) is 8.79. The number of carbonyl (C=O) groups is 7. The van der Waals surface area contributed by atoms with Crippen LogP contribution in [0.4, 0.5) is 0 Å². The molecule has 0 radical (unpaired) electrons. The van der Waals surface area contributed by atoms with Crippen LogP contribution in [-0.4, -0.2) is 108 Å². The zero-order valence-corrected chi connectivity index (χ0v) is 25.7. The molecule has 0 aromatic carbocycles. The highest BCUT2D eigenvalue weighted by Gasteiger charge is 2.56. The Kier molecular flexibility index (Phi) is 13.2. The average molecular weight is 637 g/mol. The summed E-state index contributed by atoms with van der Waals surface area (Å²) in [4.78, 5) is 83.9. The molecule has 10 atom stereocenters. The van der Waals surface area contributed by atoms with Gasteiger partial charge in [-0.25, -0.2) is 0 Å². The normalized spacial score (nSPS) is 31.9. The Morgan fingerprint density at radius 3 is 1.26 bits per heavy atom. The van der Waals surface area contributed by atoms with E-state index in [-0.39, 0.29) is 0 Å². The van der Waals surface area contributed by atoms with Crippen molar-refractivity contribution in [1.82, 2.24) is 0 Å². The molecule has 2 aliphatic heterocycles. The fourth-order valence-corrected chi connectivity index (χ4v) is 5.95. The van der Waals surface area contributed by atoms with E-state index < -0.39 is 108 Å². The van der Waals surface area contributed by atoms with Gasteiger partial charge in [0.25, 0.3) is 0 Å². The van der Waals surface area contributed by atoms with Gasteiger partial charge in [0.1, 0.15) is 23.6 Å². The fourth-order valence-electron chi connectivity index (χ4n) is 4.51. The molecule has 0 aromatic heterocycles. The van der Waals surface area contributed by atoms with Crippen LogP contribution in [-0.2, 0) is 76.2 Å². The lowest BCUT2D eigenvalue weighted by Crippen LogP contribution is -2.63. The second-order valence-electron chi connectivity index (χ2n) is 9.64. The summed E-state index contributed by atoms with van der Waals surface area (Å²) in [6, 6.07) is 0. The number of carbonyl (C=O) groups excluding carboxylic acids is 7. The molecule has 16 nitrogen and oxygen atoms in total. The van der Waals surface area contributed by atoms with Crippen LogP contribution in [0.1, 0.15) is 55.4 Å². The van der Waals surface area contributed by atoms with Crippen LogP contribution in [0.15, 0.2) is 0 Å². The van der Waals surface area contributed by atoms with Gasteiger partial charge in [-0.15, -0.1) is 0 Å². The van der Waals surface area contributed by atoms with Gasteiger partial charge in [-0.2, -0.15) is 0 Å². The minimum atomic E-state index is -1.46. The quantitative estimate of drug-likeness (QED) is 0.234. The third-order valence-electron chi connectivity index (χ3n) is 5.85. The van der Waals surface area contributed by atoms with Crippen LogP contribution in [0.25, 0.3) is 0 Å². The van der Waals surface area contributed by atoms with Gasteiger partial charge in [0.15, 0.2) is 36.6 Å². The number of esters is 7. The highest BCUT2D eigenvalue weighted by molar-refractivity contribution is 8.00. The molecule has 0 bridgehead atoms. The maximum absolute atomic E-state index is 12.2. The first-order chi connectivity index (χ1) is 20.0. The summed E-state index contributed by atoms with van der Waals surface area (Å²) in [5.74, 6) is -5.43. The van der Waals surface area contributed by atoms with Crippen LogP contribution >= 0.6 is 11.8 Å². The number of hydrogen-bond donors (Lipinski definition) is 0. The first-order valence-corrected chi connectivity index (χ1v) is 14.1. The summed E-state index contributed by atoms with van der Waals surface area (Å²) in [6.07, 6.45) is -10.4. The molecule has 2 aliphatic rings. The minimum Gasteiger partial charge on any atom is -0.463 e. The lowest BCUT2D eigenvalue weighted by atomic mass is 9.99. The molecule has 43 heavy (non-hydrogen) atoms. The van der Waals surface area contributed by atoms with Crippen molar-refractivity contribution in [2.24, 2.45) is 0 Å². The standard InChI is InChI=1S/C26H36O16S/c1-10-19(36-12(3)28)21(38-14(5)30)23(40-16(7)32)25(35-10)43-26-24(41-17(8)33)22(39-15(6)31)20(37-13(4)29)18(42-26)9-34-11(2)27/h10,18-26H,9H2,1-8H3/t10-,18+,19-,20+,21+,22-,23+,24+,25-,26-/m0/s1. The molecule has 0 saturated carbocycles. The van der Waals surface area contributed by atoms with Crippen molar-refractivity contribution < 1.29 is 76.2 Å². The SMILES string of the molecule is CC(=O)OC[C@H]1O[C@@H](S[C@@H]2O[C@@H](C)[C@H](OC(C)=O)[C@@H](OC(C)=O)[C@H]2OC(C)=O)[C@H](OC(C)=O)[C@@H](OC(C)=O)[C@@H]1OC(C)=O. The molecule has 2 saturated heterocycles. The molecule has 0 aliphatic carbocycles. The van der Waals surface area contributed by atoms with E-state index in [1.807, 2.05) is 0 Å². The summed E-state index contributed by atoms with van der Waals surface area (Å²) in [5, 5.41) is 0. The second kappa shape index (κ2) is 15.9. The fraction of sp³-hybridized carbons (Fsp3) is 0.731. The van der Waals surface area contributed by atoms with Crippen molar-refractivity contribution in [2.75, 3.05) is 6.61 Å². The Hall–Kier alpha value is -3.44. The molecule has 0 amide bonds. The predicted molar refractivity (Wildman–Crippen MR) is 141 cm³/mol. The first-order valence-electron chi connectivity index (χ1n) is 13.1. The van der Waals surface area contributed by atoms with E-state index in [1.54, 1.807) is 0 Å². The lowest BCUT2D eigenvalue weighted by Gasteiger charge is -2.47. The van der Waals surface area contributed by atoms with E-state index in [9.17, 15) is 33.6 Å². The maximum atomic E-state index is 12.2. The highest BCUT2D eigenvalue weighted by atomic mass is 32.2. The average Bonchev–Trinajstić information content (AvgIpc) is 2.84. The molecule has 0 aromatic rings. The Labute approximate surface area is 251 Å². The molecule has 2 heterocycles. The smallest absolute Gasteiger partial charge is 0.303 e. The summed E-state index contributed by atoms with van der Waals surface area (Å²) >= 11 is 0.784. The van der Waals surface area contributed by atoms with E-state index >= 15 is 0 Å². The number of hydrogen-bond acceptors (Lipinski definition) is 17. The molecule has 0 N–H and O–H groups in total. The molecule has 0 unspecified atom stereocenters. The number of rotatable bonds is 10. The van der Waals surface area contributed by atoms with E-state index in [4.69, 9.17) is 42.6 Å². The molecule has 17 heteroatoms. The van der Waals surface area contributed by atoms with Crippen molar-refractivity contribution in [3.05, 3.63) is 0 Å². The second-order valence-corrected chi connectivity index (χ2v) is 10.8. The summed E-state index contributed by atoms with van der Waals surface area (Å²) in [5.41, 5.74) is -2.53. The van der Waals surface area contributed by atoms with Gasteiger partial charge in [-0.3, -0.25) is 33.6 Å². The van der Waals surface area contributed by atoms with Crippen molar-refractivity contribution in [1.29, 1.82) is 0 Å². The van der Waals surface area contributed by atoms with Crippen LogP contribution in [0, 0.1) is 0 Å². The van der Waals surface area contributed by atoms with E-state index in [0.717, 1.165) is 60.2 Å². The van der Waals surface area contributed by atoms with Gasteiger partial charge in [0.05, 0.1) is 6.10 Å². The molecular weight excluding hydrogens is 600 g/mol. The largest absolute Gasteiger partial charge is 0.463 e. The molecule has 2 fully saturated rings. The minimum absolute atomic E-state index is 0.463. The van der Waals surface area contributed by atoms with Crippen LogP contribution < -0.4 is 0 Å². The van der Waals surface area contributed by atoms with Gasteiger partial charge >= 0.3 is 41.8 Å². The van der Waals surface area contributed by atoms with Crippen molar-refractivity contribution in [3.63, 3.8) is 0 Å². The first kappa shape index (κ1) is 35.8. The van der Waals surface area contributed by atoms with Gasteiger partial charge in [0.2, 0.25) is 0 Å². The zero-order valence-electron chi connectivity index (χ0n) is 24.9. The van der Waals surface area contributed by atoms with Gasteiger partial charge < -0.3 is 42.6 Å². The number of ether oxygens (including phenoxy) is 9. The maximum Gasteiger partial charge on any atom is 0.303 e. The van der Waals surface area contributed by atoms with Gasteiger partial charge in [0, 0.05) is 48.5 Å². The topological polar surface area (TPSA) is 203 Å². The van der Waals surface area contributed by atoms with E-state index in [1.165, 1.54) is 6.92 Å². The van der Waals surface area contributed by atoms with Crippen LogP contribution in [0.5, 0.6) is 0 Å². The summed E-state index contributed by atoms with van der Waals surface area (Å²) in [7, 11) is 0. The molecule has 2 rings (SSSR count). The van der Waals surface area contributed by atoms with Crippen molar-refractivity contribution >= 4 is 53.5 Å².